The first-order valence-electron chi connectivity index (χ1n) is 8.06. The summed E-state index contributed by atoms with van der Waals surface area (Å²) in [6, 6.07) is 15.3. The fourth-order valence-electron chi connectivity index (χ4n) is 2.76. The van der Waals surface area contributed by atoms with Crippen molar-refractivity contribution in [1.29, 1.82) is 0 Å². The maximum Gasteiger partial charge on any atom is 0.310 e. The molecule has 4 heteroatoms. The van der Waals surface area contributed by atoms with Crippen molar-refractivity contribution in [2.45, 2.75) is 33.3 Å². The van der Waals surface area contributed by atoms with Crippen LogP contribution in [0.25, 0.3) is 0 Å². The number of hydrogen-bond donors (Lipinski definition) is 0. The van der Waals surface area contributed by atoms with Crippen molar-refractivity contribution in [2.75, 3.05) is 6.79 Å². The van der Waals surface area contributed by atoms with Crippen molar-refractivity contribution < 1.29 is 19.0 Å². The molecule has 0 saturated heterocycles. The minimum absolute atomic E-state index is 0.229. The maximum atomic E-state index is 12.4. The molecule has 0 aliphatic carbocycles. The van der Waals surface area contributed by atoms with Crippen molar-refractivity contribution in [1.82, 2.24) is 0 Å². The second-order valence-electron chi connectivity index (χ2n) is 7.01. The standard InChI is InChI=1S/C20H22O4/c1-20(2,3)19(15-9-10-16-17(12-15)23-13-22-16)24-18(21)11-14-7-5-4-6-8-14/h4-10,12,19H,11,13H2,1-3H3. The van der Waals surface area contributed by atoms with E-state index >= 15 is 0 Å². The van der Waals surface area contributed by atoms with E-state index in [1.54, 1.807) is 0 Å². The molecule has 0 aromatic heterocycles. The van der Waals surface area contributed by atoms with Gasteiger partial charge in [0.1, 0.15) is 6.10 Å². The molecule has 1 aliphatic rings. The zero-order chi connectivity index (χ0) is 17.2. The monoisotopic (exact) mass is 326 g/mol. The van der Waals surface area contributed by atoms with Gasteiger partial charge in [-0.25, -0.2) is 0 Å². The summed E-state index contributed by atoms with van der Waals surface area (Å²) in [5.74, 6) is 1.18. The highest BCUT2D eigenvalue weighted by atomic mass is 16.7. The van der Waals surface area contributed by atoms with Crippen LogP contribution in [-0.2, 0) is 16.0 Å². The smallest absolute Gasteiger partial charge is 0.310 e. The van der Waals surface area contributed by atoms with E-state index < -0.39 is 0 Å². The summed E-state index contributed by atoms with van der Waals surface area (Å²) in [6.07, 6.45) is -0.0963. The zero-order valence-corrected chi connectivity index (χ0v) is 14.2. The second kappa shape index (κ2) is 6.56. The van der Waals surface area contributed by atoms with Crippen LogP contribution in [-0.4, -0.2) is 12.8 Å². The Morgan fingerprint density at radius 2 is 1.79 bits per heavy atom. The highest BCUT2D eigenvalue weighted by Crippen LogP contribution is 2.41. The summed E-state index contributed by atoms with van der Waals surface area (Å²) in [7, 11) is 0. The highest BCUT2D eigenvalue weighted by molar-refractivity contribution is 5.73. The number of carbonyl (C=O) groups excluding carboxylic acids is 1. The number of benzene rings is 2. The molecule has 0 saturated carbocycles. The Balaban J connectivity index is 1.78. The van der Waals surface area contributed by atoms with Crippen molar-refractivity contribution in [3.8, 4) is 11.5 Å². The predicted molar refractivity (Wildman–Crippen MR) is 91.0 cm³/mol. The lowest BCUT2D eigenvalue weighted by Gasteiger charge is -2.30. The Morgan fingerprint density at radius 3 is 2.50 bits per heavy atom. The SMILES string of the molecule is CC(C)(C)C(OC(=O)Cc1ccccc1)c1ccc2c(c1)OCO2. The molecular formula is C20H22O4. The molecule has 4 nitrogen and oxygen atoms in total. The molecule has 126 valence electrons. The Labute approximate surface area is 142 Å². The number of fused-ring (bicyclic) bond motifs is 1. The van der Waals surface area contributed by atoms with Gasteiger partial charge in [0.15, 0.2) is 11.5 Å². The summed E-state index contributed by atoms with van der Waals surface area (Å²) in [5.41, 5.74) is 1.62. The van der Waals surface area contributed by atoms with Gasteiger partial charge in [0.05, 0.1) is 6.42 Å². The predicted octanol–water partition coefficient (Wildman–Crippen LogP) is 4.29. The summed E-state index contributed by atoms with van der Waals surface area (Å²) in [5, 5.41) is 0. The summed E-state index contributed by atoms with van der Waals surface area (Å²) in [4.78, 5) is 12.4. The molecule has 1 aliphatic heterocycles. The van der Waals surface area contributed by atoms with E-state index in [1.165, 1.54) is 0 Å². The third-order valence-electron chi connectivity index (χ3n) is 3.93. The molecule has 2 aromatic carbocycles. The van der Waals surface area contributed by atoms with Gasteiger partial charge < -0.3 is 14.2 Å². The van der Waals surface area contributed by atoms with Gasteiger partial charge in [-0.1, -0.05) is 57.2 Å². The zero-order valence-electron chi connectivity index (χ0n) is 14.2. The number of rotatable bonds is 4. The van der Waals surface area contributed by atoms with E-state index in [2.05, 4.69) is 20.8 Å². The van der Waals surface area contributed by atoms with Gasteiger partial charge in [-0.05, 0) is 23.3 Å². The van der Waals surface area contributed by atoms with Gasteiger partial charge in [-0.15, -0.1) is 0 Å². The van der Waals surface area contributed by atoms with Crippen LogP contribution < -0.4 is 9.47 Å². The van der Waals surface area contributed by atoms with E-state index in [-0.39, 0.29) is 30.7 Å². The Hall–Kier alpha value is -2.49. The highest BCUT2D eigenvalue weighted by Gasteiger charge is 2.31. The molecule has 24 heavy (non-hydrogen) atoms. The second-order valence-corrected chi connectivity index (χ2v) is 7.01. The minimum Gasteiger partial charge on any atom is -0.457 e. The third-order valence-corrected chi connectivity index (χ3v) is 3.93. The van der Waals surface area contributed by atoms with Gasteiger partial charge in [0.2, 0.25) is 6.79 Å². The normalized spacial score (nSPS) is 14.3. The van der Waals surface area contributed by atoms with Gasteiger partial charge in [-0.2, -0.15) is 0 Å². The lowest BCUT2D eigenvalue weighted by Crippen LogP contribution is -2.25. The van der Waals surface area contributed by atoms with Crippen LogP contribution in [0, 0.1) is 5.41 Å². The quantitative estimate of drug-likeness (QED) is 0.786. The topological polar surface area (TPSA) is 44.8 Å². The van der Waals surface area contributed by atoms with E-state index in [0.29, 0.717) is 5.75 Å². The van der Waals surface area contributed by atoms with Gasteiger partial charge >= 0.3 is 5.97 Å². The summed E-state index contributed by atoms with van der Waals surface area (Å²) >= 11 is 0. The Kier molecular flexibility index (Phi) is 4.47. The van der Waals surface area contributed by atoms with Crippen LogP contribution in [0.1, 0.15) is 38.0 Å². The molecular weight excluding hydrogens is 304 g/mol. The van der Waals surface area contributed by atoms with Crippen LogP contribution in [0.4, 0.5) is 0 Å². The number of ether oxygens (including phenoxy) is 3. The molecule has 0 amide bonds. The van der Waals surface area contributed by atoms with Crippen molar-refractivity contribution in [3.63, 3.8) is 0 Å². The maximum absolute atomic E-state index is 12.4. The van der Waals surface area contributed by atoms with E-state index in [1.807, 2.05) is 48.5 Å². The fourth-order valence-corrected chi connectivity index (χ4v) is 2.76. The molecule has 0 N–H and O–H groups in total. The van der Waals surface area contributed by atoms with Crippen molar-refractivity contribution in [2.24, 2.45) is 5.41 Å². The minimum atomic E-state index is -0.358. The molecule has 0 radical (unpaired) electrons. The van der Waals surface area contributed by atoms with E-state index in [4.69, 9.17) is 14.2 Å². The number of carbonyl (C=O) groups is 1. The molecule has 1 atom stereocenters. The van der Waals surface area contributed by atoms with Crippen LogP contribution in [0.5, 0.6) is 11.5 Å². The van der Waals surface area contributed by atoms with Crippen LogP contribution in [0.3, 0.4) is 0 Å². The first kappa shape index (κ1) is 16.4. The van der Waals surface area contributed by atoms with Gasteiger partial charge in [-0.3, -0.25) is 4.79 Å². The van der Waals surface area contributed by atoms with Crippen LogP contribution >= 0.6 is 0 Å². The number of esters is 1. The van der Waals surface area contributed by atoms with Crippen LogP contribution in [0.15, 0.2) is 48.5 Å². The lowest BCUT2D eigenvalue weighted by atomic mass is 9.84. The van der Waals surface area contributed by atoms with Crippen molar-refractivity contribution >= 4 is 5.97 Å². The Bertz CT molecular complexity index is 716. The first-order valence-corrected chi connectivity index (χ1v) is 8.06. The third kappa shape index (κ3) is 3.70. The molecule has 1 heterocycles. The van der Waals surface area contributed by atoms with E-state index in [0.717, 1.165) is 16.9 Å². The van der Waals surface area contributed by atoms with Crippen molar-refractivity contribution in [3.05, 3.63) is 59.7 Å². The lowest BCUT2D eigenvalue weighted by molar-refractivity contribution is -0.154. The largest absolute Gasteiger partial charge is 0.457 e. The summed E-state index contributed by atoms with van der Waals surface area (Å²) < 4.78 is 16.6. The molecule has 1 unspecified atom stereocenters. The van der Waals surface area contributed by atoms with Crippen LogP contribution in [0.2, 0.25) is 0 Å². The molecule has 3 rings (SSSR count). The fraction of sp³-hybridized carbons (Fsp3) is 0.350. The average Bonchev–Trinajstić information content (AvgIpc) is 3.00. The molecule has 2 aromatic rings. The molecule has 0 bridgehead atoms. The van der Waals surface area contributed by atoms with Gasteiger partial charge in [0, 0.05) is 5.41 Å². The van der Waals surface area contributed by atoms with E-state index in [9.17, 15) is 4.79 Å². The summed E-state index contributed by atoms with van der Waals surface area (Å²) in [6.45, 7) is 6.39. The Morgan fingerprint density at radius 1 is 1.08 bits per heavy atom. The first-order chi connectivity index (χ1) is 11.4. The average molecular weight is 326 g/mol. The molecule has 0 fully saturated rings. The number of hydrogen-bond acceptors (Lipinski definition) is 4. The molecule has 0 spiro atoms. The van der Waals surface area contributed by atoms with Gasteiger partial charge in [0.25, 0.3) is 0 Å².